The van der Waals surface area contributed by atoms with Gasteiger partial charge in [0.2, 0.25) is 0 Å². The molecule has 0 heterocycles. The van der Waals surface area contributed by atoms with Crippen LogP contribution in [0, 0.1) is 19.8 Å². The van der Waals surface area contributed by atoms with Gasteiger partial charge >= 0.3 is 5.97 Å². The van der Waals surface area contributed by atoms with Crippen molar-refractivity contribution in [2.24, 2.45) is 5.92 Å². The van der Waals surface area contributed by atoms with Crippen molar-refractivity contribution in [1.82, 2.24) is 5.32 Å². The average molecular weight is 275 g/mol. The van der Waals surface area contributed by atoms with Gasteiger partial charge in [-0.1, -0.05) is 17.7 Å². The van der Waals surface area contributed by atoms with Crippen molar-refractivity contribution in [3.8, 4) is 0 Å². The molecule has 0 radical (unpaired) electrons. The first-order chi connectivity index (χ1) is 9.47. The highest BCUT2D eigenvalue weighted by molar-refractivity contribution is 5.92. The first kappa shape index (κ1) is 14.6. The number of nitrogens with one attached hydrogen (secondary N) is 1. The molecule has 1 amide bonds. The Balaban J connectivity index is 1.83. The second-order valence-electron chi connectivity index (χ2n) is 5.59. The van der Waals surface area contributed by atoms with Gasteiger partial charge in [0.1, 0.15) is 0 Å². The van der Waals surface area contributed by atoms with E-state index in [0.29, 0.717) is 11.5 Å². The number of ether oxygens (including phenoxy) is 1. The Morgan fingerprint density at radius 2 is 2.05 bits per heavy atom. The number of carbonyl (C=O) groups is 2. The van der Waals surface area contributed by atoms with E-state index in [2.05, 4.69) is 5.32 Å². The minimum atomic E-state index is -0.447. The maximum Gasteiger partial charge on any atom is 0.338 e. The number of esters is 1. The van der Waals surface area contributed by atoms with E-state index in [4.69, 9.17) is 4.74 Å². The molecule has 0 spiro atoms. The summed E-state index contributed by atoms with van der Waals surface area (Å²) < 4.78 is 5.06. The fraction of sp³-hybridized carbons (Fsp3) is 0.500. The average Bonchev–Trinajstić information content (AvgIpc) is 3.20. The second-order valence-corrected chi connectivity index (χ2v) is 5.59. The van der Waals surface area contributed by atoms with Gasteiger partial charge in [-0.2, -0.15) is 0 Å². The van der Waals surface area contributed by atoms with Crippen molar-refractivity contribution >= 4 is 11.9 Å². The van der Waals surface area contributed by atoms with E-state index in [0.717, 1.165) is 11.1 Å². The number of amides is 1. The molecule has 0 bridgehead atoms. The van der Waals surface area contributed by atoms with Gasteiger partial charge in [0.25, 0.3) is 5.91 Å². The van der Waals surface area contributed by atoms with Crippen molar-refractivity contribution in [2.45, 2.75) is 39.7 Å². The summed E-state index contributed by atoms with van der Waals surface area (Å²) in [6.07, 6.45) is 2.34. The Bertz CT molecular complexity index is 520. The van der Waals surface area contributed by atoms with E-state index >= 15 is 0 Å². The molecule has 1 N–H and O–H groups in total. The fourth-order valence-corrected chi connectivity index (χ4v) is 2.26. The van der Waals surface area contributed by atoms with Gasteiger partial charge in [-0.15, -0.1) is 0 Å². The number of rotatable bonds is 5. The minimum Gasteiger partial charge on any atom is -0.452 e. The molecular formula is C16H21NO3. The van der Waals surface area contributed by atoms with Crippen LogP contribution in [-0.2, 0) is 9.53 Å². The summed E-state index contributed by atoms with van der Waals surface area (Å²) in [5.41, 5.74) is 2.47. The molecule has 1 aliphatic rings. The summed E-state index contributed by atoms with van der Waals surface area (Å²) >= 11 is 0. The van der Waals surface area contributed by atoms with Crippen molar-refractivity contribution in [1.29, 1.82) is 0 Å². The smallest absolute Gasteiger partial charge is 0.338 e. The van der Waals surface area contributed by atoms with Gasteiger partial charge in [0.15, 0.2) is 6.61 Å². The number of hydrogen-bond donors (Lipinski definition) is 1. The second kappa shape index (κ2) is 6.07. The summed E-state index contributed by atoms with van der Waals surface area (Å²) in [6, 6.07) is 5.69. The van der Waals surface area contributed by atoms with Gasteiger partial charge in [-0.05, 0) is 51.2 Å². The van der Waals surface area contributed by atoms with Crippen LogP contribution in [0.2, 0.25) is 0 Å². The highest BCUT2D eigenvalue weighted by atomic mass is 16.5. The molecule has 0 aliphatic heterocycles. The van der Waals surface area contributed by atoms with Crippen molar-refractivity contribution in [3.05, 3.63) is 34.9 Å². The molecule has 4 heteroatoms. The van der Waals surface area contributed by atoms with E-state index in [9.17, 15) is 9.59 Å². The predicted molar refractivity (Wildman–Crippen MR) is 76.5 cm³/mol. The molecule has 1 saturated carbocycles. The normalized spacial score (nSPS) is 15.6. The largest absolute Gasteiger partial charge is 0.452 e. The maximum atomic E-state index is 11.9. The van der Waals surface area contributed by atoms with Crippen LogP contribution in [0.15, 0.2) is 18.2 Å². The SMILES string of the molecule is Cc1ccc(C(=O)OCC(=O)N[C@H](C)C2CC2)c(C)c1. The lowest BCUT2D eigenvalue weighted by molar-refractivity contribution is -0.124. The first-order valence-corrected chi connectivity index (χ1v) is 7.01. The minimum absolute atomic E-state index is 0.169. The number of aryl methyl sites for hydroxylation is 2. The molecule has 1 fully saturated rings. The van der Waals surface area contributed by atoms with E-state index in [1.54, 1.807) is 6.07 Å². The van der Waals surface area contributed by atoms with E-state index < -0.39 is 5.97 Å². The number of carbonyl (C=O) groups excluding carboxylic acids is 2. The summed E-state index contributed by atoms with van der Waals surface area (Å²) in [5, 5.41) is 2.86. The van der Waals surface area contributed by atoms with Gasteiger partial charge in [0.05, 0.1) is 5.56 Å². The number of hydrogen-bond acceptors (Lipinski definition) is 3. The third kappa shape index (κ3) is 3.83. The lowest BCUT2D eigenvalue weighted by Gasteiger charge is -2.13. The molecule has 0 unspecified atom stereocenters. The molecule has 4 nitrogen and oxygen atoms in total. The monoisotopic (exact) mass is 275 g/mol. The van der Waals surface area contributed by atoms with Gasteiger partial charge < -0.3 is 10.1 Å². The zero-order chi connectivity index (χ0) is 14.7. The summed E-state index contributed by atoms with van der Waals surface area (Å²) in [4.78, 5) is 23.6. The van der Waals surface area contributed by atoms with Gasteiger partial charge in [0, 0.05) is 6.04 Å². The molecule has 1 aromatic rings. The molecule has 1 aromatic carbocycles. The third-order valence-electron chi connectivity index (χ3n) is 3.65. The fourth-order valence-electron chi connectivity index (χ4n) is 2.26. The van der Waals surface area contributed by atoms with Crippen LogP contribution in [-0.4, -0.2) is 24.5 Å². The zero-order valence-corrected chi connectivity index (χ0v) is 12.2. The van der Waals surface area contributed by atoms with Crippen LogP contribution >= 0.6 is 0 Å². The van der Waals surface area contributed by atoms with Crippen LogP contribution in [0.5, 0.6) is 0 Å². The van der Waals surface area contributed by atoms with E-state index in [1.807, 2.05) is 32.9 Å². The first-order valence-electron chi connectivity index (χ1n) is 7.01. The summed E-state index contributed by atoms with van der Waals surface area (Å²) in [6.45, 7) is 5.60. The molecular weight excluding hydrogens is 254 g/mol. The quantitative estimate of drug-likeness (QED) is 0.839. The van der Waals surface area contributed by atoms with Crippen LogP contribution in [0.1, 0.15) is 41.3 Å². The Hall–Kier alpha value is -1.84. The third-order valence-corrected chi connectivity index (χ3v) is 3.65. The van der Waals surface area contributed by atoms with Crippen molar-refractivity contribution in [3.63, 3.8) is 0 Å². The Morgan fingerprint density at radius 3 is 2.65 bits per heavy atom. The Kier molecular flexibility index (Phi) is 4.42. The Labute approximate surface area is 119 Å². The van der Waals surface area contributed by atoms with Gasteiger partial charge in [-0.3, -0.25) is 4.79 Å². The van der Waals surface area contributed by atoms with E-state index in [1.165, 1.54) is 12.8 Å². The highest BCUT2D eigenvalue weighted by Gasteiger charge is 2.29. The molecule has 1 atom stereocenters. The van der Waals surface area contributed by atoms with Crippen LogP contribution in [0.3, 0.4) is 0 Å². The molecule has 2 rings (SSSR count). The number of benzene rings is 1. The van der Waals surface area contributed by atoms with Crippen molar-refractivity contribution < 1.29 is 14.3 Å². The standard InChI is InChI=1S/C16H21NO3/c1-10-4-7-14(11(2)8-10)16(19)20-9-15(18)17-12(3)13-5-6-13/h4,7-8,12-13H,5-6,9H2,1-3H3,(H,17,18)/t12-/m1/s1. The molecule has 0 saturated heterocycles. The summed E-state index contributed by atoms with van der Waals surface area (Å²) in [5.74, 6) is -0.0896. The zero-order valence-electron chi connectivity index (χ0n) is 12.2. The van der Waals surface area contributed by atoms with Gasteiger partial charge in [-0.25, -0.2) is 4.79 Å². The molecule has 108 valence electrons. The van der Waals surface area contributed by atoms with Crippen molar-refractivity contribution in [2.75, 3.05) is 6.61 Å². The van der Waals surface area contributed by atoms with Crippen LogP contribution in [0.25, 0.3) is 0 Å². The highest BCUT2D eigenvalue weighted by Crippen LogP contribution is 2.32. The lowest BCUT2D eigenvalue weighted by Crippen LogP contribution is -2.37. The van der Waals surface area contributed by atoms with Crippen LogP contribution < -0.4 is 5.32 Å². The lowest BCUT2D eigenvalue weighted by atomic mass is 10.1. The molecule has 1 aliphatic carbocycles. The van der Waals surface area contributed by atoms with E-state index in [-0.39, 0.29) is 18.6 Å². The topological polar surface area (TPSA) is 55.4 Å². The maximum absolute atomic E-state index is 11.9. The Morgan fingerprint density at radius 1 is 1.35 bits per heavy atom. The van der Waals surface area contributed by atoms with Crippen LogP contribution in [0.4, 0.5) is 0 Å². The molecule has 20 heavy (non-hydrogen) atoms. The summed E-state index contributed by atoms with van der Waals surface area (Å²) in [7, 11) is 0. The molecule has 0 aromatic heterocycles. The predicted octanol–water partition coefficient (Wildman–Crippen LogP) is 2.37.